The van der Waals surface area contributed by atoms with Crippen molar-refractivity contribution in [1.82, 2.24) is 10.4 Å². The maximum absolute atomic E-state index is 12.1. The molecule has 1 aromatic heterocycles. The molecule has 0 radical (unpaired) electrons. The number of nitrogens with one attached hydrogen (secondary N) is 1. The van der Waals surface area contributed by atoms with E-state index in [2.05, 4.69) is 31.4 Å². The molecule has 3 rings (SSSR count). The molecule has 8 heteroatoms. The number of methoxy groups -OCH3 is 1. The molecule has 0 bridgehead atoms. The summed E-state index contributed by atoms with van der Waals surface area (Å²) in [5.41, 5.74) is 3.89. The number of benzene rings is 2. The Kier molecular flexibility index (Phi) is 7.02. The minimum absolute atomic E-state index is 0.177. The number of hydrazone groups is 1. The molecule has 150 valence electrons. The Morgan fingerprint density at radius 1 is 1.21 bits per heavy atom. The van der Waals surface area contributed by atoms with E-state index in [1.165, 1.54) is 6.21 Å². The smallest absolute Gasteiger partial charge is 0.277 e. The van der Waals surface area contributed by atoms with Crippen molar-refractivity contribution in [3.63, 3.8) is 0 Å². The van der Waals surface area contributed by atoms with Gasteiger partial charge in [-0.3, -0.25) is 9.78 Å². The number of halogens is 1. The van der Waals surface area contributed by atoms with Gasteiger partial charge in [-0.25, -0.2) is 5.43 Å². The topological polar surface area (TPSA) is 82.0 Å². The van der Waals surface area contributed by atoms with Gasteiger partial charge in [0.05, 0.1) is 24.4 Å². The number of ether oxygens (including phenoxy) is 3. The van der Waals surface area contributed by atoms with E-state index in [0.29, 0.717) is 29.4 Å². The number of rotatable bonds is 8. The van der Waals surface area contributed by atoms with E-state index in [1.807, 2.05) is 37.3 Å². The van der Waals surface area contributed by atoms with E-state index in [1.54, 1.807) is 25.4 Å². The quantitative estimate of drug-likeness (QED) is 0.409. The fraction of sp³-hybridized carbons (Fsp3) is 0.190. The highest BCUT2D eigenvalue weighted by molar-refractivity contribution is 9.10. The molecular formula is C21H20BrN3O4. The van der Waals surface area contributed by atoms with Crippen LogP contribution >= 0.6 is 15.9 Å². The Balaban J connectivity index is 1.61. The number of fused-ring (bicyclic) bond motifs is 1. The molecular weight excluding hydrogens is 438 g/mol. The summed E-state index contributed by atoms with van der Waals surface area (Å²) in [6, 6.07) is 12.9. The van der Waals surface area contributed by atoms with Gasteiger partial charge in [-0.15, -0.1) is 0 Å². The summed E-state index contributed by atoms with van der Waals surface area (Å²) in [7, 11) is 1.57. The number of para-hydroxylation sites is 1. The second-order valence-electron chi connectivity index (χ2n) is 5.88. The summed E-state index contributed by atoms with van der Waals surface area (Å²) in [6.07, 6.45) is 3.20. The van der Waals surface area contributed by atoms with Crippen LogP contribution in [0.3, 0.4) is 0 Å². The lowest BCUT2D eigenvalue weighted by molar-refractivity contribution is -0.123. The van der Waals surface area contributed by atoms with Gasteiger partial charge < -0.3 is 14.2 Å². The minimum atomic E-state index is -0.383. The summed E-state index contributed by atoms with van der Waals surface area (Å²) >= 11 is 3.44. The van der Waals surface area contributed by atoms with Gasteiger partial charge in [0.1, 0.15) is 11.3 Å². The van der Waals surface area contributed by atoms with Crippen LogP contribution in [-0.2, 0) is 4.79 Å². The van der Waals surface area contributed by atoms with Gasteiger partial charge in [0, 0.05) is 11.6 Å². The molecule has 1 N–H and O–H groups in total. The van der Waals surface area contributed by atoms with E-state index in [9.17, 15) is 4.79 Å². The maximum Gasteiger partial charge on any atom is 0.277 e. The number of hydrogen-bond acceptors (Lipinski definition) is 6. The average Bonchev–Trinajstić information content (AvgIpc) is 2.72. The zero-order chi connectivity index (χ0) is 20.6. The predicted molar refractivity (Wildman–Crippen MR) is 115 cm³/mol. The molecule has 0 saturated carbocycles. The summed E-state index contributed by atoms with van der Waals surface area (Å²) in [5.74, 6) is 1.35. The van der Waals surface area contributed by atoms with Gasteiger partial charge in [0.25, 0.3) is 5.91 Å². The number of amides is 1. The Morgan fingerprint density at radius 3 is 2.83 bits per heavy atom. The lowest BCUT2D eigenvalue weighted by atomic mass is 10.2. The SMILES string of the molecule is CCOc1cc(/C=N\NC(=O)COc2cccc3cccnc23)cc(Br)c1OC. The van der Waals surface area contributed by atoms with Crippen LogP contribution in [0.15, 0.2) is 58.2 Å². The Morgan fingerprint density at radius 2 is 2.03 bits per heavy atom. The zero-order valence-corrected chi connectivity index (χ0v) is 17.6. The lowest BCUT2D eigenvalue weighted by Gasteiger charge is -2.11. The second kappa shape index (κ2) is 9.88. The van der Waals surface area contributed by atoms with Gasteiger partial charge in [-0.2, -0.15) is 5.10 Å². The maximum atomic E-state index is 12.1. The summed E-state index contributed by atoms with van der Waals surface area (Å²) < 4.78 is 17.2. The lowest BCUT2D eigenvalue weighted by Crippen LogP contribution is -2.24. The van der Waals surface area contributed by atoms with Gasteiger partial charge in [-0.1, -0.05) is 18.2 Å². The molecule has 1 heterocycles. The van der Waals surface area contributed by atoms with Crippen LogP contribution in [0.4, 0.5) is 0 Å². The van der Waals surface area contributed by atoms with Crippen molar-refractivity contribution in [3.8, 4) is 17.2 Å². The third kappa shape index (κ3) is 5.23. The highest BCUT2D eigenvalue weighted by atomic mass is 79.9. The van der Waals surface area contributed by atoms with Gasteiger partial charge in [0.15, 0.2) is 18.1 Å². The van der Waals surface area contributed by atoms with Crippen LogP contribution in [0.5, 0.6) is 17.2 Å². The fourth-order valence-electron chi connectivity index (χ4n) is 2.67. The molecule has 29 heavy (non-hydrogen) atoms. The van der Waals surface area contributed by atoms with E-state index in [4.69, 9.17) is 14.2 Å². The highest BCUT2D eigenvalue weighted by Crippen LogP contribution is 2.36. The van der Waals surface area contributed by atoms with E-state index >= 15 is 0 Å². The van der Waals surface area contributed by atoms with Crippen molar-refractivity contribution in [2.24, 2.45) is 5.10 Å². The number of pyridine rings is 1. The first-order valence-corrected chi connectivity index (χ1v) is 9.70. The molecule has 0 atom stereocenters. The number of hydrogen-bond donors (Lipinski definition) is 1. The molecule has 0 spiro atoms. The molecule has 2 aromatic carbocycles. The molecule has 1 amide bonds. The number of carbonyl (C=O) groups excluding carboxylic acids is 1. The van der Waals surface area contributed by atoms with Crippen LogP contribution in [0.25, 0.3) is 10.9 Å². The second-order valence-corrected chi connectivity index (χ2v) is 6.73. The zero-order valence-electron chi connectivity index (χ0n) is 16.0. The van der Waals surface area contributed by atoms with Gasteiger partial charge in [-0.05, 0) is 52.7 Å². The third-order valence-electron chi connectivity index (χ3n) is 3.89. The molecule has 3 aromatic rings. The van der Waals surface area contributed by atoms with Crippen LogP contribution < -0.4 is 19.6 Å². The molecule has 0 aliphatic heterocycles. The van der Waals surface area contributed by atoms with Crippen molar-refractivity contribution < 1.29 is 19.0 Å². The van der Waals surface area contributed by atoms with E-state index in [-0.39, 0.29) is 12.5 Å². The average molecular weight is 458 g/mol. The van der Waals surface area contributed by atoms with Crippen LogP contribution in [0, 0.1) is 0 Å². The highest BCUT2D eigenvalue weighted by Gasteiger charge is 2.10. The first-order valence-electron chi connectivity index (χ1n) is 8.91. The first-order chi connectivity index (χ1) is 14.1. The van der Waals surface area contributed by atoms with Gasteiger partial charge >= 0.3 is 0 Å². The van der Waals surface area contributed by atoms with Gasteiger partial charge in [0.2, 0.25) is 0 Å². The molecule has 7 nitrogen and oxygen atoms in total. The Hall–Kier alpha value is -3.13. The summed E-state index contributed by atoms with van der Waals surface area (Å²) in [5, 5.41) is 4.92. The van der Waals surface area contributed by atoms with Crippen molar-refractivity contribution in [2.45, 2.75) is 6.92 Å². The standard InChI is InChI=1S/C21H20BrN3O4/c1-3-28-18-11-14(10-16(22)21(18)27-2)12-24-25-19(26)13-29-17-8-4-6-15-7-5-9-23-20(15)17/h4-12H,3,13H2,1-2H3,(H,25,26)/b24-12-. The van der Waals surface area contributed by atoms with E-state index < -0.39 is 0 Å². The molecule has 0 aliphatic carbocycles. The number of nitrogens with zero attached hydrogens (tertiary/aromatic N) is 2. The Labute approximate surface area is 176 Å². The minimum Gasteiger partial charge on any atom is -0.492 e. The normalized spacial score (nSPS) is 10.9. The molecule has 0 aliphatic rings. The number of aromatic nitrogens is 1. The molecule has 0 unspecified atom stereocenters. The molecule has 0 fully saturated rings. The first kappa shape index (κ1) is 20.6. The number of carbonyl (C=O) groups is 1. The third-order valence-corrected chi connectivity index (χ3v) is 4.48. The van der Waals surface area contributed by atoms with Crippen molar-refractivity contribution >= 4 is 39.0 Å². The van der Waals surface area contributed by atoms with Crippen molar-refractivity contribution in [2.75, 3.05) is 20.3 Å². The molecule has 0 saturated heterocycles. The monoisotopic (exact) mass is 457 g/mol. The summed E-state index contributed by atoms with van der Waals surface area (Å²) in [4.78, 5) is 16.3. The largest absolute Gasteiger partial charge is 0.492 e. The van der Waals surface area contributed by atoms with Crippen molar-refractivity contribution in [3.05, 3.63) is 58.7 Å². The van der Waals surface area contributed by atoms with Crippen LogP contribution in [0.1, 0.15) is 12.5 Å². The van der Waals surface area contributed by atoms with Crippen LogP contribution in [-0.4, -0.2) is 37.4 Å². The van der Waals surface area contributed by atoms with E-state index in [0.717, 1.165) is 15.4 Å². The predicted octanol–water partition coefficient (Wildman–Crippen LogP) is 3.93. The van der Waals surface area contributed by atoms with Crippen LogP contribution in [0.2, 0.25) is 0 Å². The summed E-state index contributed by atoms with van der Waals surface area (Å²) in [6.45, 7) is 2.21. The van der Waals surface area contributed by atoms with Crippen molar-refractivity contribution in [1.29, 1.82) is 0 Å². The fourth-order valence-corrected chi connectivity index (χ4v) is 3.29. The Bertz CT molecular complexity index is 1030.